The van der Waals surface area contributed by atoms with Gasteiger partial charge >= 0.3 is 11.9 Å². The van der Waals surface area contributed by atoms with Crippen LogP contribution < -0.4 is 0 Å². The van der Waals surface area contributed by atoms with Crippen LogP contribution in [-0.4, -0.2) is 96.0 Å². The van der Waals surface area contributed by atoms with E-state index in [9.17, 15) is 37.9 Å². The third kappa shape index (κ3) is 25.4. The smallest absolute Gasteiger partial charge is 0.306 e. The zero-order chi connectivity index (χ0) is 38.5. The third-order valence-electron chi connectivity index (χ3n) is 9.35. The van der Waals surface area contributed by atoms with Gasteiger partial charge in [0, 0.05) is 12.8 Å². The fourth-order valence-corrected chi connectivity index (χ4v) is 6.83. The second-order valence-corrected chi connectivity index (χ2v) is 15.8. The van der Waals surface area contributed by atoms with Gasteiger partial charge in [-0.1, -0.05) is 129 Å². The van der Waals surface area contributed by atoms with Crippen molar-refractivity contribution in [2.75, 3.05) is 19.0 Å². The second kappa shape index (κ2) is 30.7. The van der Waals surface area contributed by atoms with Crippen molar-refractivity contribution in [3.8, 4) is 0 Å². The molecule has 1 fully saturated rings. The summed E-state index contributed by atoms with van der Waals surface area (Å²) in [6.07, 6.45) is 19.8. The quantitative estimate of drug-likeness (QED) is 0.0230. The first kappa shape index (κ1) is 48.4. The number of unbranched alkanes of at least 4 members (excludes halogenated alkanes) is 19. The lowest BCUT2D eigenvalue weighted by Gasteiger charge is -2.40. The van der Waals surface area contributed by atoms with Gasteiger partial charge in [-0.3, -0.25) is 14.1 Å². The summed E-state index contributed by atoms with van der Waals surface area (Å²) in [6.45, 7) is 3.71. The molecule has 4 N–H and O–H groups in total. The highest BCUT2D eigenvalue weighted by atomic mass is 32.2. The van der Waals surface area contributed by atoms with Crippen LogP contribution in [0.2, 0.25) is 0 Å². The fraction of sp³-hybridized carbons (Fsp3) is 0.897. The number of esters is 2. The van der Waals surface area contributed by atoms with E-state index in [1.165, 1.54) is 70.6 Å². The van der Waals surface area contributed by atoms with Gasteiger partial charge in [-0.15, -0.1) is 0 Å². The van der Waals surface area contributed by atoms with Crippen molar-refractivity contribution in [3.05, 3.63) is 12.2 Å². The standard InChI is InChI=1S/C39H72O12S/c1-3-5-7-9-11-13-15-16-18-20-22-24-26-28-35(41)50-32(29-48-34(40)27-25-23-21-19-17-14-12-10-8-6-4-2)30-49-39-38(44)37(43)36(42)33(51-39)31-52(45,46)47/h13,15,32-33,36-39,42-44H,3-12,14,16-31H2,1-2H3,(H,45,46,47)/b15-13+/t32-,33-,36-,37?,38?,39+/m1/s1. The molecule has 1 aliphatic heterocycles. The Morgan fingerprint density at radius 3 is 1.62 bits per heavy atom. The summed E-state index contributed by atoms with van der Waals surface area (Å²) in [5.74, 6) is -1.99. The molecule has 12 nitrogen and oxygen atoms in total. The molecule has 1 rings (SSSR count). The number of carbonyl (C=O) groups is 2. The molecule has 0 amide bonds. The molecule has 0 aromatic carbocycles. The van der Waals surface area contributed by atoms with Crippen molar-refractivity contribution in [2.45, 2.75) is 205 Å². The highest BCUT2D eigenvalue weighted by Crippen LogP contribution is 2.24. The van der Waals surface area contributed by atoms with Gasteiger partial charge in [0.15, 0.2) is 12.4 Å². The third-order valence-corrected chi connectivity index (χ3v) is 10.1. The van der Waals surface area contributed by atoms with Crippen molar-refractivity contribution in [2.24, 2.45) is 0 Å². The predicted molar refractivity (Wildman–Crippen MR) is 201 cm³/mol. The summed E-state index contributed by atoms with van der Waals surface area (Å²) in [5.41, 5.74) is 0. The van der Waals surface area contributed by atoms with E-state index in [0.717, 1.165) is 57.8 Å². The molecule has 0 aliphatic carbocycles. The first-order chi connectivity index (χ1) is 25.0. The number of hydrogen-bond acceptors (Lipinski definition) is 11. The first-order valence-electron chi connectivity index (χ1n) is 20.2. The van der Waals surface area contributed by atoms with E-state index >= 15 is 0 Å². The van der Waals surface area contributed by atoms with E-state index < -0.39 is 71.2 Å². The minimum Gasteiger partial charge on any atom is -0.462 e. The average molecular weight is 765 g/mol. The Hall–Kier alpha value is -1.61. The van der Waals surface area contributed by atoms with Gasteiger partial charge in [0.2, 0.25) is 0 Å². The molecule has 0 aromatic heterocycles. The minimum atomic E-state index is -4.59. The molecular weight excluding hydrogens is 692 g/mol. The average Bonchev–Trinajstić information content (AvgIpc) is 3.10. The van der Waals surface area contributed by atoms with Crippen molar-refractivity contribution < 1.29 is 56.8 Å². The van der Waals surface area contributed by atoms with Crippen LogP contribution in [0.5, 0.6) is 0 Å². The van der Waals surface area contributed by atoms with Gasteiger partial charge in [0.1, 0.15) is 36.8 Å². The molecule has 0 aromatic rings. The van der Waals surface area contributed by atoms with Gasteiger partial charge < -0.3 is 34.3 Å². The molecule has 0 bridgehead atoms. The fourth-order valence-electron chi connectivity index (χ4n) is 6.14. The summed E-state index contributed by atoms with van der Waals surface area (Å²) >= 11 is 0. The molecule has 306 valence electrons. The number of hydrogen-bond donors (Lipinski definition) is 4. The molecule has 2 unspecified atom stereocenters. The largest absolute Gasteiger partial charge is 0.462 e. The molecule has 0 spiro atoms. The summed E-state index contributed by atoms with van der Waals surface area (Å²) in [6, 6.07) is 0. The molecule has 1 heterocycles. The van der Waals surface area contributed by atoms with E-state index in [4.69, 9.17) is 18.9 Å². The number of aliphatic hydroxyl groups excluding tert-OH is 3. The molecule has 52 heavy (non-hydrogen) atoms. The maximum Gasteiger partial charge on any atom is 0.306 e. The van der Waals surface area contributed by atoms with Gasteiger partial charge in [-0.05, 0) is 38.5 Å². The van der Waals surface area contributed by atoms with Crippen LogP contribution in [0, 0.1) is 0 Å². The number of allylic oxidation sites excluding steroid dienone is 2. The maximum atomic E-state index is 12.7. The lowest BCUT2D eigenvalue weighted by atomic mass is 10.00. The number of carbonyl (C=O) groups excluding carboxylic acids is 2. The second-order valence-electron chi connectivity index (χ2n) is 14.3. The van der Waals surface area contributed by atoms with Crippen molar-refractivity contribution in [1.82, 2.24) is 0 Å². The number of ether oxygens (including phenoxy) is 4. The first-order valence-corrected chi connectivity index (χ1v) is 21.9. The Labute approximate surface area is 314 Å². The number of rotatable bonds is 33. The Kier molecular flexibility index (Phi) is 28.6. The maximum absolute atomic E-state index is 12.7. The van der Waals surface area contributed by atoms with Crippen molar-refractivity contribution >= 4 is 22.1 Å². The topological polar surface area (TPSA) is 186 Å². The SMILES string of the molecule is CCCCCC/C=C/CCCCCCCC(=O)O[C@H](COC(=O)CCCCCCCCCCCCC)CO[C@H]1O[C@H](CS(=O)(=O)O)[C@@H](O)C(O)C1O. The van der Waals surface area contributed by atoms with Crippen LogP contribution >= 0.6 is 0 Å². The molecule has 0 saturated carbocycles. The molecule has 0 radical (unpaired) electrons. The molecular formula is C39H72O12S. The summed E-state index contributed by atoms with van der Waals surface area (Å²) < 4.78 is 53.8. The van der Waals surface area contributed by atoms with E-state index in [0.29, 0.717) is 12.8 Å². The zero-order valence-corrected chi connectivity index (χ0v) is 33.0. The normalized spacial score (nSPS) is 21.4. The Bertz CT molecular complexity index is 1040. The van der Waals surface area contributed by atoms with Crippen LogP contribution in [0.25, 0.3) is 0 Å². The zero-order valence-electron chi connectivity index (χ0n) is 32.2. The van der Waals surface area contributed by atoms with Gasteiger partial charge in [0.25, 0.3) is 10.1 Å². The summed E-state index contributed by atoms with van der Waals surface area (Å²) in [4.78, 5) is 25.2. The van der Waals surface area contributed by atoms with Gasteiger partial charge in [-0.25, -0.2) is 0 Å². The molecule has 6 atom stereocenters. The summed E-state index contributed by atoms with van der Waals surface area (Å²) in [7, 11) is -4.59. The lowest BCUT2D eigenvalue weighted by Crippen LogP contribution is -2.60. The van der Waals surface area contributed by atoms with Crippen LogP contribution in [0.1, 0.15) is 168 Å². The van der Waals surface area contributed by atoms with Crippen LogP contribution in [0.4, 0.5) is 0 Å². The molecule has 1 aliphatic rings. The van der Waals surface area contributed by atoms with Crippen molar-refractivity contribution in [1.29, 1.82) is 0 Å². The van der Waals surface area contributed by atoms with E-state index in [1.807, 2.05) is 0 Å². The summed E-state index contributed by atoms with van der Waals surface area (Å²) in [5, 5.41) is 30.7. The monoisotopic (exact) mass is 764 g/mol. The Morgan fingerprint density at radius 2 is 1.10 bits per heavy atom. The minimum absolute atomic E-state index is 0.157. The van der Waals surface area contributed by atoms with E-state index in [1.54, 1.807) is 0 Å². The molecule has 1 saturated heterocycles. The van der Waals surface area contributed by atoms with E-state index in [-0.39, 0.29) is 19.4 Å². The van der Waals surface area contributed by atoms with Crippen LogP contribution in [-0.2, 0) is 38.7 Å². The predicted octanol–water partition coefficient (Wildman–Crippen LogP) is 7.11. The van der Waals surface area contributed by atoms with Crippen LogP contribution in [0.15, 0.2) is 12.2 Å². The van der Waals surface area contributed by atoms with Crippen LogP contribution in [0.3, 0.4) is 0 Å². The Balaban J connectivity index is 2.51. The molecule has 13 heteroatoms. The highest BCUT2D eigenvalue weighted by Gasteiger charge is 2.46. The number of aliphatic hydroxyl groups is 3. The Morgan fingerprint density at radius 1 is 0.635 bits per heavy atom. The highest BCUT2D eigenvalue weighted by molar-refractivity contribution is 7.85. The van der Waals surface area contributed by atoms with Gasteiger partial charge in [-0.2, -0.15) is 8.42 Å². The van der Waals surface area contributed by atoms with Crippen molar-refractivity contribution in [3.63, 3.8) is 0 Å². The lowest BCUT2D eigenvalue weighted by molar-refractivity contribution is -0.297. The van der Waals surface area contributed by atoms with E-state index in [2.05, 4.69) is 26.0 Å². The van der Waals surface area contributed by atoms with Gasteiger partial charge in [0.05, 0.1) is 6.61 Å².